The lowest BCUT2D eigenvalue weighted by Gasteiger charge is -2.40. The zero-order chi connectivity index (χ0) is 13.2. The second-order valence-electron chi connectivity index (χ2n) is 5.35. The van der Waals surface area contributed by atoms with Crippen LogP contribution in [0.4, 0.5) is 0 Å². The summed E-state index contributed by atoms with van der Waals surface area (Å²) >= 11 is 6.06. The molecule has 19 heavy (non-hydrogen) atoms. The van der Waals surface area contributed by atoms with Crippen molar-refractivity contribution in [2.75, 3.05) is 20.3 Å². The minimum atomic E-state index is 0.234. The third kappa shape index (κ3) is 2.79. The minimum absolute atomic E-state index is 0.234. The van der Waals surface area contributed by atoms with Crippen LogP contribution in [0.25, 0.3) is 0 Å². The second kappa shape index (κ2) is 5.80. The second-order valence-corrected chi connectivity index (χ2v) is 5.79. The van der Waals surface area contributed by atoms with Crippen molar-refractivity contribution >= 4 is 11.6 Å². The van der Waals surface area contributed by atoms with E-state index in [4.69, 9.17) is 21.1 Å². The molecular weight excluding hydrogens is 262 g/mol. The molecule has 0 saturated carbocycles. The molecule has 1 aromatic carbocycles. The van der Waals surface area contributed by atoms with Crippen molar-refractivity contribution in [1.29, 1.82) is 0 Å². The number of ether oxygens (including phenoxy) is 2. The predicted molar refractivity (Wildman–Crippen MR) is 75.4 cm³/mol. The molecule has 2 fully saturated rings. The number of nitrogens with zero attached hydrogens (tertiary/aromatic N) is 1. The monoisotopic (exact) mass is 281 g/mol. The highest BCUT2D eigenvalue weighted by Crippen LogP contribution is 2.31. The first-order valence-electron chi connectivity index (χ1n) is 6.91. The average Bonchev–Trinajstić information content (AvgIpc) is 2.89. The van der Waals surface area contributed by atoms with Crippen molar-refractivity contribution in [3.8, 4) is 0 Å². The summed E-state index contributed by atoms with van der Waals surface area (Å²) in [5.41, 5.74) is 1.27. The Labute approximate surface area is 119 Å². The van der Waals surface area contributed by atoms with Gasteiger partial charge in [-0.05, 0) is 30.5 Å². The Kier molecular flexibility index (Phi) is 4.08. The molecule has 0 bridgehead atoms. The maximum absolute atomic E-state index is 6.06. The summed E-state index contributed by atoms with van der Waals surface area (Å²) in [5.74, 6) is 0. The highest BCUT2D eigenvalue weighted by Gasteiger charge is 2.42. The molecule has 4 heteroatoms. The van der Waals surface area contributed by atoms with Crippen molar-refractivity contribution in [1.82, 2.24) is 4.90 Å². The van der Waals surface area contributed by atoms with E-state index in [1.807, 2.05) is 12.1 Å². The Hall–Kier alpha value is -0.610. The standard InChI is InChI=1S/C15H20ClNO2/c1-18-14-5-7-17(13-6-8-19-15(13)14)10-11-3-2-4-12(16)9-11/h2-4,9,13-15H,5-8,10H2,1H3/t13-,14+,15-/m0/s1. The quantitative estimate of drug-likeness (QED) is 0.850. The van der Waals surface area contributed by atoms with Crippen LogP contribution in [-0.4, -0.2) is 43.4 Å². The van der Waals surface area contributed by atoms with Gasteiger partial charge in [0.05, 0.1) is 12.2 Å². The summed E-state index contributed by atoms with van der Waals surface area (Å²) in [6.45, 7) is 2.86. The third-order valence-corrected chi connectivity index (χ3v) is 4.45. The van der Waals surface area contributed by atoms with Gasteiger partial charge >= 0.3 is 0 Å². The third-order valence-electron chi connectivity index (χ3n) is 4.22. The first-order valence-corrected chi connectivity index (χ1v) is 7.28. The summed E-state index contributed by atoms with van der Waals surface area (Å²) in [6, 6.07) is 8.61. The Balaban J connectivity index is 1.71. The first-order chi connectivity index (χ1) is 9.28. The van der Waals surface area contributed by atoms with E-state index in [-0.39, 0.29) is 12.2 Å². The largest absolute Gasteiger partial charge is 0.379 e. The van der Waals surface area contributed by atoms with Gasteiger partial charge in [-0.15, -0.1) is 0 Å². The number of rotatable bonds is 3. The zero-order valence-corrected chi connectivity index (χ0v) is 12.0. The smallest absolute Gasteiger partial charge is 0.0992 e. The van der Waals surface area contributed by atoms with Crippen LogP contribution in [-0.2, 0) is 16.0 Å². The molecule has 2 aliphatic heterocycles. The van der Waals surface area contributed by atoms with Crippen molar-refractivity contribution < 1.29 is 9.47 Å². The highest BCUT2D eigenvalue weighted by molar-refractivity contribution is 6.30. The predicted octanol–water partition coefficient (Wildman–Crippen LogP) is 2.72. The summed E-state index contributed by atoms with van der Waals surface area (Å²) in [6.07, 6.45) is 2.63. The van der Waals surface area contributed by atoms with Crippen LogP contribution in [0.2, 0.25) is 5.02 Å². The molecule has 2 aliphatic rings. The number of fused-ring (bicyclic) bond motifs is 1. The zero-order valence-electron chi connectivity index (χ0n) is 11.2. The molecule has 104 valence electrons. The van der Waals surface area contributed by atoms with Crippen LogP contribution < -0.4 is 0 Å². The fourth-order valence-electron chi connectivity index (χ4n) is 3.29. The highest BCUT2D eigenvalue weighted by atomic mass is 35.5. The maximum atomic E-state index is 6.06. The van der Waals surface area contributed by atoms with Gasteiger partial charge in [-0.25, -0.2) is 0 Å². The van der Waals surface area contributed by atoms with Crippen molar-refractivity contribution in [2.45, 2.75) is 37.6 Å². The van der Waals surface area contributed by atoms with Crippen molar-refractivity contribution in [3.63, 3.8) is 0 Å². The van der Waals surface area contributed by atoms with Crippen LogP contribution in [0.1, 0.15) is 18.4 Å². The lowest BCUT2D eigenvalue weighted by Crippen LogP contribution is -2.52. The minimum Gasteiger partial charge on any atom is -0.379 e. The number of benzene rings is 1. The summed E-state index contributed by atoms with van der Waals surface area (Å²) in [5, 5.41) is 0.809. The molecule has 3 rings (SSSR count). The van der Waals surface area contributed by atoms with Gasteiger partial charge in [0.1, 0.15) is 0 Å². The van der Waals surface area contributed by atoms with E-state index in [2.05, 4.69) is 17.0 Å². The fraction of sp³-hybridized carbons (Fsp3) is 0.600. The summed E-state index contributed by atoms with van der Waals surface area (Å²) < 4.78 is 11.4. The van der Waals surface area contributed by atoms with E-state index < -0.39 is 0 Å². The molecule has 0 N–H and O–H groups in total. The van der Waals surface area contributed by atoms with E-state index in [0.717, 1.165) is 37.6 Å². The Morgan fingerprint density at radius 1 is 1.42 bits per heavy atom. The van der Waals surface area contributed by atoms with Gasteiger partial charge in [0.2, 0.25) is 0 Å². The van der Waals surface area contributed by atoms with Crippen molar-refractivity contribution in [3.05, 3.63) is 34.9 Å². The summed E-state index contributed by atoms with van der Waals surface area (Å²) in [7, 11) is 1.79. The normalized spacial score (nSPS) is 31.4. The van der Waals surface area contributed by atoms with Gasteiger partial charge in [-0.2, -0.15) is 0 Å². The van der Waals surface area contributed by atoms with E-state index in [0.29, 0.717) is 6.04 Å². The lowest BCUT2D eigenvalue weighted by molar-refractivity contribution is -0.0845. The Morgan fingerprint density at radius 2 is 2.32 bits per heavy atom. The van der Waals surface area contributed by atoms with Gasteiger partial charge in [-0.1, -0.05) is 23.7 Å². The van der Waals surface area contributed by atoms with Gasteiger partial charge < -0.3 is 9.47 Å². The molecule has 3 atom stereocenters. The number of piperidine rings is 1. The molecular formula is C15H20ClNO2. The van der Waals surface area contributed by atoms with E-state index >= 15 is 0 Å². The van der Waals surface area contributed by atoms with Gasteiger partial charge in [0, 0.05) is 37.9 Å². The Bertz CT molecular complexity index is 440. The molecule has 0 aliphatic carbocycles. The molecule has 0 unspecified atom stereocenters. The van der Waals surface area contributed by atoms with Crippen LogP contribution >= 0.6 is 11.6 Å². The van der Waals surface area contributed by atoms with Crippen LogP contribution in [0.5, 0.6) is 0 Å². The van der Waals surface area contributed by atoms with Gasteiger partial charge in [-0.3, -0.25) is 4.90 Å². The number of likely N-dealkylation sites (tertiary alicyclic amines) is 1. The van der Waals surface area contributed by atoms with E-state index in [9.17, 15) is 0 Å². The molecule has 3 nitrogen and oxygen atoms in total. The van der Waals surface area contributed by atoms with Crippen LogP contribution in [0.3, 0.4) is 0 Å². The Morgan fingerprint density at radius 3 is 3.11 bits per heavy atom. The number of hydrogen-bond acceptors (Lipinski definition) is 3. The van der Waals surface area contributed by atoms with E-state index in [1.165, 1.54) is 5.56 Å². The molecule has 2 heterocycles. The van der Waals surface area contributed by atoms with Crippen molar-refractivity contribution in [2.24, 2.45) is 0 Å². The molecule has 0 aromatic heterocycles. The maximum Gasteiger partial charge on any atom is 0.0992 e. The van der Waals surface area contributed by atoms with Gasteiger partial charge in [0.25, 0.3) is 0 Å². The first kappa shape index (κ1) is 13.4. The number of methoxy groups -OCH3 is 1. The molecule has 1 aromatic rings. The molecule has 0 spiro atoms. The lowest BCUT2D eigenvalue weighted by atomic mass is 9.95. The van der Waals surface area contributed by atoms with Gasteiger partial charge in [0.15, 0.2) is 0 Å². The summed E-state index contributed by atoms with van der Waals surface area (Å²) in [4.78, 5) is 2.51. The topological polar surface area (TPSA) is 21.7 Å². The number of halogens is 1. The number of hydrogen-bond donors (Lipinski definition) is 0. The average molecular weight is 282 g/mol. The van der Waals surface area contributed by atoms with Crippen LogP contribution in [0.15, 0.2) is 24.3 Å². The molecule has 0 radical (unpaired) electrons. The molecule has 2 saturated heterocycles. The fourth-order valence-corrected chi connectivity index (χ4v) is 3.50. The van der Waals surface area contributed by atoms with E-state index in [1.54, 1.807) is 7.11 Å². The SMILES string of the molecule is CO[C@@H]1CCN(Cc2cccc(Cl)c2)[C@H]2CCO[C@H]12. The van der Waals surface area contributed by atoms with Crippen LogP contribution in [0, 0.1) is 0 Å². The molecule has 0 amide bonds.